The number of hydrogen-bond donors (Lipinski definition) is 1. The van der Waals surface area contributed by atoms with Crippen LogP contribution in [0.4, 0.5) is 0 Å². The Bertz CT molecular complexity index is 1020. The third-order valence-corrected chi connectivity index (χ3v) is 5.32. The Hall–Kier alpha value is -3.04. The fourth-order valence-corrected chi connectivity index (χ4v) is 3.30. The zero-order valence-corrected chi connectivity index (χ0v) is 19.1. The Balaban J connectivity index is 1.98. The number of aryl methyl sites for hydroxylation is 1. The SMILES string of the molecule is Cc1cc(/C=C(\C#N)C(=O)OCC(=O)NCc2ccccc2Cl)c(C)n1CCC(C)C. The van der Waals surface area contributed by atoms with Gasteiger partial charge in [0.05, 0.1) is 0 Å². The molecule has 0 aliphatic rings. The summed E-state index contributed by atoms with van der Waals surface area (Å²) in [5.41, 5.74) is 3.44. The summed E-state index contributed by atoms with van der Waals surface area (Å²) in [5, 5.41) is 12.6. The van der Waals surface area contributed by atoms with Gasteiger partial charge in [-0.1, -0.05) is 43.6 Å². The number of carbonyl (C=O) groups is 2. The number of benzene rings is 1. The van der Waals surface area contributed by atoms with Crippen LogP contribution in [0.1, 0.15) is 42.8 Å². The van der Waals surface area contributed by atoms with Crippen LogP contribution in [0, 0.1) is 31.1 Å². The number of amides is 1. The normalized spacial score (nSPS) is 11.3. The van der Waals surface area contributed by atoms with Gasteiger partial charge in [-0.15, -0.1) is 0 Å². The highest BCUT2D eigenvalue weighted by Crippen LogP contribution is 2.20. The lowest BCUT2D eigenvalue weighted by atomic mass is 10.1. The van der Waals surface area contributed by atoms with E-state index in [0.717, 1.165) is 35.5 Å². The summed E-state index contributed by atoms with van der Waals surface area (Å²) >= 11 is 6.05. The minimum absolute atomic E-state index is 0.150. The van der Waals surface area contributed by atoms with Crippen molar-refractivity contribution in [1.29, 1.82) is 5.26 Å². The summed E-state index contributed by atoms with van der Waals surface area (Å²) in [5.74, 6) is -0.728. The number of nitriles is 1. The fraction of sp³-hybridized carbons (Fsp3) is 0.375. The smallest absolute Gasteiger partial charge is 0.349 e. The number of halogens is 1. The molecule has 2 rings (SSSR count). The zero-order valence-electron chi connectivity index (χ0n) is 18.4. The van der Waals surface area contributed by atoms with E-state index in [2.05, 4.69) is 23.7 Å². The Labute approximate surface area is 188 Å². The van der Waals surface area contributed by atoms with Crippen molar-refractivity contribution in [2.45, 2.75) is 47.2 Å². The molecule has 1 amide bonds. The molecule has 164 valence electrons. The molecule has 0 aliphatic carbocycles. The molecule has 0 unspecified atom stereocenters. The molecule has 1 N–H and O–H groups in total. The van der Waals surface area contributed by atoms with E-state index in [1.807, 2.05) is 32.0 Å². The van der Waals surface area contributed by atoms with Gasteiger partial charge in [-0.2, -0.15) is 5.26 Å². The summed E-state index contributed by atoms with van der Waals surface area (Å²) in [6.45, 7) is 8.92. The summed E-state index contributed by atoms with van der Waals surface area (Å²) in [4.78, 5) is 24.3. The first-order valence-corrected chi connectivity index (χ1v) is 10.6. The fourth-order valence-electron chi connectivity index (χ4n) is 3.09. The molecule has 1 heterocycles. The molecule has 0 fully saturated rings. The first kappa shape index (κ1) is 24.2. The van der Waals surface area contributed by atoms with Gasteiger partial charge in [0.25, 0.3) is 5.91 Å². The number of hydrogen-bond acceptors (Lipinski definition) is 4. The van der Waals surface area contributed by atoms with Crippen LogP contribution < -0.4 is 5.32 Å². The Morgan fingerprint density at radius 1 is 1.29 bits per heavy atom. The van der Waals surface area contributed by atoms with Crippen molar-refractivity contribution < 1.29 is 14.3 Å². The highest BCUT2D eigenvalue weighted by Gasteiger charge is 2.16. The molecule has 0 spiro atoms. The predicted octanol–water partition coefficient (Wildman–Crippen LogP) is 4.57. The van der Waals surface area contributed by atoms with Gasteiger partial charge in [-0.25, -0.2) is 4.79 Å². The van der Waals surface area contributed by atoms with Crippen LogP contribution >= 0.6 is 11.6 Å². The van der Waals surface area contributed by atoms with Crippen LogP contribution in [0.25, 0.3) is 6.08 Å². The van der Waals surface area contributed by atoms with Crippen LogP contribution in [0.2, 0.25) is 5.02 Å². The van der Waals surface area contributed by atoms with Crippen molar-refractivity contribution in [2.24, 2.45) is 5.92 Å². The van der Waals surface area contributed by atoms with Gasteiger partial charge >= 0.3 is 5.97 Å². The predicted molar refractivity (Wildman–Crippen MR) is 121 cm³/mol. The Kier molecular flexibility index (Phi) is 8.89. The molecular weight excluding hydrogens is 414 g/mol. The molecule has 2 aromatic rings. The summed E-state index contributed by atoms with van der Waals surface area (Å²) in [6.07, 6.45) is 2.55. The van der Waals surface area contributed by atoms with E-state index in [9.17, 15) is 14.9 Å². The van der Waals surface area contributed by atoms with Crippen LogP contribution in [-0.4, -0.2) is 23.1 Å². The second kappa shape index (κ2) is 11.4. The second-order valence-corrected chi connectivity index (χ2v) is 8.18. The van der Waals surface area contributed by atoms with Crippen LogP contribution in [0.3, 0.4) is 0 Å². The average molecular weight is 442 g/mol. The van der Waals surface area contributed by atoms with E-state index in [-0.39, 0.29) is 12.1 Å². The molecule has 0 saturated heterocycles. The van der Waals surface area contributed by atoms with E-state index in [1.54, 1.807) is 18.2 Å². The molecule has 1 aromatic carbocycles. The van der Waals surface area contributed by atoms with Crippen LogP contribution in [0.15, 0.2) is 35.9 Å². The summed E-state index contributed by atoms with van der Waals surface area (Å²) < 4.78 is 7.20. The molecule has 31 heavy (non-hydrogen) atoms. The Morgan fingerprint density at radius 2 is 2.00 bits per heavy atom. The number of rotatable bonds is 9. The lowest BCUT2D eigenvalue weighted by Crippen LogP contribution is -2.28. The van der Waals surface area contributed by atoms with Gasteiger partial charge in [0.1, 0.15) is 11.6 Å². The monoisotopic (exact) mass is 441 g/mol. The molecule has 7 heteroatoms. The lowest BCUT2D eigenvalue weighted by Gasteiger charge is -2.11. The quantitative estimate of drug-likeness (QED) is 0.351. The van der Waals surface area contributed by atoms with Gasteiger partial charge < -0.3 is 14.6 Å². The first-order valence-electron chi connectivity index (χ1n) is 10.2. The number of esters is 1. The van der Waals surface area contributed by atoms with E-state index in [0.29, 0.717) is 10.9 Å². The minimum Gasteiger partial charge on any atom is -0.451 e. The van der Waals surface area contributed by atoms with Crippen molar-refractivity contribution in [3.63, 3.8) is 0 Å². The van der Waals surface area contributed by atoms with Gasteiger partial charge in [-0.3, -0.25) is 4.79 Å². The number of ether oxygens (including phenoxy) is 1. The summed E-state index contributed by atoms with van der Waals surface area (Å²) in [6, 6.07) is 11.0. The number of aromatic nitrogens is 1. The van der Waals surface area contributed by atoms with Crippen LogP contribution in [-0.2, 0) is 27.4 Å². The van der Waals surface area contributed by atoms with E-state index < -0.39 is 18.5 Å². The second-order valence-electron chi connectivity index (χ2n) is 7.77. The third-order valence-electron chi connectivity index (χ3n) is 4.95. The van der Waals surface area contributed by atoms with Gasteiger partial charge in [-0.05, 0) is 55.5 Å². The maximum Gasteiger partial charge on any atom is 0.349 e. The highest BCUT2D eigenvalue weighted by atomic mass is 35.5. The third kappa shape index (κ3) is 7.01. The van der Waals surface area contributed by atoms with Crippen molar-refractivity contribution in [1.82, 2.24) is 9.88 Å². The van der Waals surface area contributed by atoms with Crippen molar-refractivity contribution in [3.05, 3.63) is 63.4 Å². The van der Waals surface area contributed by atoms with Gasteiger partial charge in [0.15, 0.2) is 6.61 Å². The topological polar surface area (TPSA) is 84.1 Å². The zero-order chi connectivity index (χ0) is 23.0. The Morgan fingerprint density at radius 3 is 2.65 bits per heavy atom. The number of nitrogens with zero attached hydrogens (tertiary/aromatic N) is 2. The minimum atomic E-state index is -0.831. The van der Waals surface area contributed by atoms with Gasteiger partial charge in [0.2, 0.25) is 0 Å². The lowest BCUT2D eigenvalue weighted by molar-refractivity contribution is -0.144. The molecule has 0 atom stereocenters. The number of nitrogens with one attached hydrogen (secondary N) is 1. The standard InChI is InChI=1S/C24H28ClN3O3/c1-16(2)9-10-28-17(3)11-20(18(28)4)12-21(13-26)24(30)31-15-23(29)27-14-19-7-5-6-8-22(19)25/h5-8,11-12,16H,9-10,14-15H2,1-4H3,(H,27,29)/b21-12+. The maximum atomic E-state index is 12.3. The van der Waals surface area contributed by atoms with Crippen LogP contribution in [0.5, 0.6) is 0 Å². The highest BCUT2D eigenvalue weighted by molar-refractivity contribution is 6.31. The van der Waals surface area contributed by atoms with Crippen molar-refractivity contribution in [2.75, 3.05) is 6.61 Å². The van der Waals surface area contributed by atoms with Crippen molar-refractivity contribution in [3.8, 4) is 6.07 Å². The molecule has 6 nitrogen and oxygen atoms in total. The summed E-state index contributed by atoms with van der Waals surface area (Å²) in [7, 11) is 0. The molecule has 0 saturated carbocycles. The van der Waals surface area contributed by atoms with E-state index in [4.69, 9.17) is 16.3 Å². The molecule has 0 aliphatic heterocycles. The average Bonchev–Trinajstić information content (AvgIpc) is 3.00. The molecule has 1 aromatic heterocycles. The largest absolute Gasteiger partial charge is 0.451 e. The number of carbonyl (C=O) groups excluding carboxylic acids is 2. The van der Waals surface area contributed by atoms with Crippen molar-refractivity contribution >= 4 is 29.6 Å². The maximum absolute atomic E-state index is 12.3. The van der Waals surface area contributed by atoms with Gasteiger partial charge in [0, 0.05) is 29.5 Å². The molecule has 0 radical (unpaired) electrons. The first-order chi connectivity index (χ1) is 14.7. The van der Waals surface area contributed by atoms with E-state index >= 15 is 0 Å². The molecular formula is C24H28ClN3O3. The van der Waals surface area contributed by atoms with E-state index in [1.165, 1.54) is 6.08 Å². The molecule has 0 bridgehead atoms.